The van der Waals surface area contributed by atoms with Gasteiger partial charge in [-0.15, -0.1) is 0 Å². The van der Waals surface area contributed by atoms with E-state index in [-0.39, 0.29) is 16.6 Å². The predicted octanol–water partition coefficient (Wildman–Crippen LogP) is 2.34. The van der Waals surface area contributed by atoms with E-state index in [0.717, 1.165) is 5.23 Å². The van der Waals surface area contributed by atoms with E-state index < -0.39 is 0 Å². The molecule has 18 heavy (non-hydrogen) atoms. The summed E-state index contributed by atoms with van der Waals surface area (Å²) in [5, 5.41) is 10.2. The van der Waals surface area contributed by atoms with E-state index in [2.05, 4.69) is 0 Å². The summed E-state index contributed by atoms with van der Waals surface area (Å²) in [6, 6.07) is -0.0787. The summed E-state index contributed by atoms with van der Waals surface area (Å²) in [5.41, 5.74) is -0.303. The number of carbonyl (C=O) groups excluding carboxylic acids is 1. The van der Waals surface area contributed by atoms with E-state index in [0.29, 0.717) is 25.6 Å². The van der Waals surface area contributed by atoms with Crippen LogP contribution < -0.4 is 0 Å². The minimum Gasteiger partial charge on any atom is -0.378 e. The smallest absolute Gasteiger partial charge is 0.194 e. The minimum absolute atomic E-state index is 0.0787. The molecule has 5 nitrogen and oxygen atoms in total. The standard InChI is InChI=1S/C12H25NO4S/c1-10(2)13(15)17-7-6-16-8-9-18-11(14)12(3,4)5/h10,15H,6-9H2,1-5H3. The SMILES string of the molecule is CC(C)N(O)OCCOCCSC(=O)C(C)(C)C. The Morgan fingerprint density at radius 2 is 1.89 bits per heavy atom. The molecule has 0 radical (unpaired) electrons. The Morgan fingerprint density at radius 1 is 1.28 bits per heavy atom. The fraction of sp³-hybridized carbons (Fsp3) is 0.917. The van der Waals surface area contributed by atoms with Crippen LogP contribution in [-0.2, 0) is 14.4 Å². The van der Waals surface area contributed by atoms with Gasteiger partial charge in [0.05, 0.1) is 25.9 Å². The van der Waals surface area contributed by atoms with Crippen molar-refractivity contribution in [2.24, 2.45) is 5.41 Å². The Morgan fingerprint density at radius 3 is 2.39 bits per heavy atom. The molecule has 0 atom stereocenters. The van der Waals surface area contributed by atoms with Gasteiger partial charge in [-0.1, -0.05) is 37.8 Å². The topological polar surface area (TPSA) is 59.0 Å². The van der Waals surface area contributed by atoms with Crippen molar-refractivity contribution in [2.45, 2.75) is 40.7 Å². The maximum atomic E-state index is 11.6. The van der Waals surface area contributed by atoms with Gasteiger partial charge in [-0.2, -0.15) is 0 Å². The van der Waals surface area contributed by atoms with Crippen LogP contribution in [0.1, 0.15) is 34.6 Å². The molecule has 0 bridgehead atoms. The largest absolute Gasteiger partial charge is 0.378 e. The van der Waals surface area contributed by atoms with E-state index in [4.69, 9.17) is 9.57 Å². The van der Waals surface area contributed by atoms with Crippen LogP contribution in [0.3, 0.4) is 0 Å². The molecule has 1 N–H and O–H groups in total. The van der Waals surface area contributed by atoms with Crippen molar-refractivity contribution in [3.63, 3.8) is 0 Å². The van der Waals surface area contributed by atoms with E-state index >= 15 is 0 Å². The molecule has 0 aromatic rings. The number of rotatable bonds is 8. The van der Waals surface area contributed by atoms with Crippen molar-refractivity contribution in [3.8, 4) is 0 Å². The van der Waals surface area contributed by atoms with Crippen molar-refractivity contribution >= 4 is 16.9 Å². The van der Waals surface area contributed by atoms with Gasteiger partial charge in [0.2, 0.25) is 0 Å². The summed E-state index contributed by atoms with van der Waals surface area (Å²) in [7, 11) is 0. The molecule has 0 unspecified atom stereocenters. The maximum absolute atomic E-state index is 11.6. The van der Waals surface area contributed by atoms with Crippen LogP contribution in [0.2, 0.25) is 0 Å². The molecule has 0 rings (SSSR count). The lowest BCUT2D eigenvalue weighted by molar-refractivity contribution is -0.359. The highest BCUT2D eigenvalue weighted by atomic mass is 32.2. The fourth-order valence-electron chi connectivity index (χ4n) is 0.851. The second kappa shape index (κ2) is 8.87. The zero-order chi connectivity index (χ0) is 14.2. The first-order valence-electron chi connectivity index (χ1n) is 6.11. The first kappa shape index (κ1) is 17.9. The minimum atomic E-state index is -0.303. The fourth-order valence-corrected chi connectivity index (χ4v) is 1.67. The van der Waals surface area contributed by atoms with E-state index in [9.17, 15) is 10.0 Å². The van der Waals surface area contributed by atoms with Crippen molar-refractivity contribution < 1.29 is 19.6 Å². The Bertz CT molecular complexity index is 241. The van der Waals surface area contributed by atoms with Gasteiger partial charge in [-0.3, -0.25) is 14.8 Å². The lowest BCUT2D eigenvalue weighted by Gasteiger charge is -2.18. The number of hydroxylamine groups is 2. The summed E-state index contributed by atoms with van der Waals surface area (Å²) < 4.78 is 5.29. The molecule has 0 aliphatic heterocycles. The molecule has 0 aromatic carbocycles. The molecule has 0 aliphatic carbocycles. The lowest BCUT2D eigenvalue weighted by atomic mass is 10.00. The Kier molecular flexibility index (Phi) is 8.81. The van der Waals surface area contributed by atoms with Gasteiger partial charge in [0.1, 0.15) is 0 Å². The van der Waals surface area contributed by atoms with Gasteiger partial charge in [-0.25, -0.2) is 0 Å². The highest BCUT2D eigenvalue weighted by Gasteiger charge is 2.21. The number of thioether (sulfide) groups is 1. The summed E-state index contributed by atoms with van der Waals surface area (Å²) in [5.74, 6) is 0.642. The van der Waals surface area contributed by atoms with Crippen LogP contribution in [0.25, 0.3) is 0 Å². The average molecular weight is 279 g/mol. The third-order valence-corrected chi connectivity index (χ3v) is 3.21. The Balaban J connectivity index is 3.40. The summed E-state index contributed by atoms with van der Waals surface area (Å²) in [6.45, 7) is 10.5. The van der Waals surface area contributed by atoms with E-state index in [1.165, 1.54) is 11.8 Å². The van der Waals surface area contributed by atoms with Crippen molar-refractivity contribution in [1.82, 2.24) is 5.23 Å². The average Bonchev–Trinajstić information content (AvgIpc) is 2.25. The molecular weight excluding hydrogens is 254 g/mol. The molecule has 6 heteroatoms. The van der Waals surface area contributed by atoms with Crippen LogP contribution in [0.15, 0.2) is 0 Å². The van der Waals surface area contributed by atoms with Gasteiger partial charge >= 0.3 is 0 Å². The zero-order valence-electron chi connectivity index (χ0n) is 11.9. The first-order valence-corrected chi connectivity index (χ1v) is 7.09. The van der Waals surface area contributed by atoms with Crippen molar-refractivity contribution in [1.29, 1.82) is 0 Å². The lowest BCUT2D eigenvalue weighted by Crippen LogP contribution is -2.28. The van der Waals surface area contributed by atoms with Crippen LogP contribution in [0.4, 0.5) is 0 Å². The Labute approximate surface area is 114 Å². The molecule has 0 amide bonds. The third-order valence-electron chi connectivity index (χ3n) is 1.97. The van der Waals surface area contributed by atoms with Gasteiger partial charge in [0.15, 0.2) is 5.12 Å². The van der Waals surface area contributed by atoms with E-state index in [1.54, 1.807) is 0 Å². The second-order valence-corrected chi connectivity index (χ2v) is 6.30. The highest BCUT2D eigenvalue weighted by molar-refractivity contribution is 8.13. The van der Waals surface area contributed by atoms with Crippen LogP contribution >= 0.6 is 11.8 Å². The van der Waals surface area contributed by atoms with Crippen LogP contribution in [0, 0.1) is 5.41 Å². The number of carbonyl (C=O) groups is 1. The van der Waals surface area contributed by atoms with Crippen LogP contribution in [0.5, 0.6) is 0 Å². The van der Waals surface area contributed by atoms with Gasteiger partial charge in [0, 0.05) is 11.2 Å². The third kappa shape index (κ3) is 8.88. The molecule has 0 fully saturated rings. The molecule has 0 heterocycles. The number of hydrogen-bond donors (Lipinski definition) is 1. The van der Waals surface area contributed by atoms with Gasteiger partial charge < -0.3 is 4.74 Å². The molecule has 0 saturated carbocycles. The van der Waals surface area contributed by atoms with E-state index in [1.807, 2.05) is 34.6 Å². The summed E-state index contributed by atoms with van der Waals surface area (Å²) in [6.07, 6.45) is 0. The summed E-state index contributed by atoms with van der Waals surface area (Å²) in [4.78, 5) is 16.5. The first-order chi connectivity index (χ1) is 8.25. The zero-order valence-corrected chi connectivity index (χ0v) is 12.7. The molecule has 108 valence electrons. The quantitative estimate of drug-likeness (QED) is 0.543. The Hall–Kier alpha value is -0.140. The molecule has 0 saturated heterocycles. The normalized spacial score (nSPS) is 12.4. The molecule has 0 aliphatic rings. The van der Waals surface area contributed by atoms with Crippen molar-refractivity contribution in [2.75, 3.05) is 25.6 Å². The van der Waals surface area contributed by atoms with Gasteiger partial charge in [-0.05, 0) is 13.8 Å². The number of hydrogen-bond acceptors (Lipinski definition) is 6. The van der Waals surface area contributed by atoms with Gasteiger partial charge in [0.25, 0.3) is 0 Å². The second-order valence-electron chi connectivity index (χ2n) is 5.23. The molecular formula is C12H25NO4S. The highest BCUT2D eigenvalue weighted by Crippen LogP contribution is 2.22. The van der Waals surface area contributed by atoms with Crippen LogP contribution in [-0.4, -0.2) is 47.2 Å². The molecule has 0 spiro atoms. The maximum Gasteiger partial charge on any atom is 0.194 e. The summed E-state index contributed by atoms with van der Waals surface area (Å²) >= 11 is 1.29. The molecule has 0 aromatic heterocycles. The van der Waals surface area contributed by atoms with Crippen molar-refractivity contribution in [3.05, 3.63) is 0 Å². The number of ether oxygens (including phenoxy) is 1. The predicted molar refractivity (Wildman–Crippen MR) is 72.5 cm³/mol. The monoisotopic (exact) mass is 279 g/mol. The number of nitrogens with zero attached hydrogens (tertiary/aromatic N) is 1.